The lowest BCUT2D eigenvalue weighted by Gasteiger charge is -2.35. The smallest absolute Gasteiger partial charge is 0.271 e. The van der Waals surface area contributed by atoms with Crippen molar-refractivity contribution in [3.8, 4) is 0 Å². The van der Waals surface area contributed by atoms with Crippen LogP contribution in [0, 0.1) is 5.82 Å². The Morgan fingerprint density at radius 3 is 2.60 bits per heavy atom. The van der Waals surface area contributed by atoms with Crippen LogP contribution in [0.5, 0.6) is 0 Å². The molecule has 7 heteroatoms. The summed E-state index contributed by atoms with van der Waals surface area (Å²) in [7, 11) is 0. The molecule has 1 atom stereocenters. The van der Waals surface area contributed by atoms with Crippen molar-refractivity contribution in [1.82, 2.24) is 20.2 Å². The number of amides is 1. The number of H-pyrrole nitrogens is 1. The maximum atomic E-state index is 13.2. The van der Waals surface area contributed by atoms with Gasteiger partial charge in [0, 0.05) is 12.7 Å². The van der Waals surface area contributed by atoms with Crippen LogP contribution in [0.15, 0.2) is 41.5 Å². The molecule has 132 valence electrons. The molecular formula is C18H21FN4O2. The maximum absolute atomic E-state index is 13.2. The summed E-state index contributed by atoms with van der Waals surface area (Å²) in [5, 5.41) is 2.87. The van der Waals surface area contributed by atoms with Crippen molar-refractivity contribution in [2.45, 2.75) is 25.3 Å². The monoisotopic (exact) mass is 344 g/mol. The number of halogens is 1. The summed E-state index contributed by atoms with van der Waals surface area (Å²) in [6.45, 7) is 2.30. The molecule has 2 heterocycles. The van der Waals surface area contributed by atoms with Gasteiger partial charge < -0.3 is 10.3 Å². The van der Waals surface area contributed by atoms with Gasteiger partial charge in [0.1, 0.15) is 11.5 Å². The van der Waals surface area contributed by atoms with Crippen molar-refractivity contribution < 1.29 is 9.18 Å². The molecule has 0 aliphatic carbocycles. The highest BCUT2D eigenvalue weighted by atomic mass is 19.1. The van der Waals surface area contributed by atoms with E-state index in [0.29, 0.717) is 6.54 Å². The molecule has 1 aromatic carbocycles. The number of aromatic amines is 1. The molecule has 2 N–H and O–H groups in total. The summed E-state index contributed by atoms with van der Waals surface area (Å²) in [4.78, 5) is 31.9. The molecule has 0 spiro atoms. The minimum absolute atomic E-state index is 0.0207. The molecule has 1 saturated heterocycles. The minimum atomic E-state index is -0.353. The predicted molar refractivity (Wildman–Crippen MR) is 91.8 cm³/mol. The third-order valence-corrected chi connectivity index (χ3v) is 4.45. The number of piperidine rings is 1. The fraction of sp³-hybridized carbons (Fsp3) is 0.389. The SMILES string of the molecule is O=C(NCC(c1ccc(F)cc1)N1CCCCC1)c1c[nH]c(=O)cn1. The number of rotatable bonds is 5. The van der Waals surface area contributed by atoms with Crippen LogP contribution in [-0.2, 0) is 0 Å². The highest BCUT2D eigenvalue weighted by molar-refractivity contribution is 5.91. The molecule has 0 radical (unpaired) electrons. The lowest BCUT2D eigenvalue weighted by atomic mass is 10.0. The quantitative estimate of drug-likeness (QED) is 0.868. The van der Waals surface area contributed by atoms with Gasteiger partial charge in [-0.2, -0.15) is 0 Å². The van der Waals surface area contributed by atoms with E-state index in [0.717, 1.165) is 37.7 Å². The van der Waals surface area contributed by atoms with Crippen molar-refractivity contribution in [3.05, 3.63) is 64.1 Å². The lowest BCUT2D eigenvalue weighted by Crippen LogP contribution is -2.40. The van der Waals surface area contributed by atoms with Crippen molar-refractivity contribution in [1.29, 1.82) is 0 Å². The molecule has 1 aliphatic heterocycles. The summed E-state index contributed by atoms with van der Waals surface area (Å²) in [6.07, 6.45) is 5.82. The predicted octanol–water partition coefficient (Wildman–Crippen LogP) is 1.87. The number of nitrogens with one attached hydrogen (secondary N) is 2. The Bertz CT molecular complexity index is 749. The Kier molecular flexibility index (Phi) is 5.55. The zero-order valence-electron chi connectivity index (χ0n) is 13.9. The first-order valence-electron chi connectivity index (χ1n) is 8.46. The van der Waals surface area contributed by atoms with Crippen LogP contribution in [0.4, 0.5) is 4.39 Å². The standard InChI is InChI=1S/C18H21FN4O2/c19-14-6-4-13(5-7-14)16(23-8-2-1-3-9-23)11-22-18(25)15-10-21-17(24)12-20-15/h4-7,10,12,16H,1-3,8-9,11H2,(H,21,24)(H,22,25). The largest absolute Gasteiger partial charge is 0.349 e. The van der Waals surface area contributed by atoms with Crippen LogP contribution < -0.4 is 10.9 Å². The van der Waals surface area contributed by atoms with Gasteiger partial charge in [-0.15, -0.1) is 0 Å². The van der Waals surface area contributed by atoms with E-state index in [2.05, 4.69) is 20.2 Å². The molecule has 6 nitrogen and oxygen atoms in total. The number of nitrogens with zero attached hydrogens (tertiary/aromatic N) is 2. The number of aromatic nitrogens is 2. The molecule has 0 saturated carbocycles. The van der Waals surface area contributed by atoms with Gasteiger partial charge in [-0.05, 0) is 43.6 Å². The zero-order valence-corrected chi connectivity index (χ0v) is 13.9. The van der Waals surface area contributed by atoms with Crippen molar-refractivity contribution >= 4 is 5.91 Å². The fourth-order valence-corrected chi connectivity index (χ4v) is 3.12. The van der Waals surface area contributed by atoms with E-state index in [1.807, 2.05) is 0 Å². The van der Waals surface area contributed by atoms with E-state index in [1.165, 1.54) is 24.8 Å². The minimum Gasteiger partial charge on any atom is -0.349 e. The molecule has 0 bridgehead atoms. The van der Waals surface area contributed by atoms with Crippen molar-refractivity contribution in [3.63, 3.8) is 0 Å². The van der Waals surface area contributed by atoms with Crippen LogP contribution in [-0.4, -0.2) is 40.4 Å². The first-order chi connectivity index (χ1) is 12.1. The Morgan fingerprint density at radius 1 is 1.24 bits per heavy atom. The maximum Gasteiger partial charge on any atom is 0.271 e. The van der Waals surface area contributed by atoms with Crippen LogP contribution in [0.25, 0.3) is 0 Å². The normalized spacial score (nSPS) is 16.4. The van der Waals surface area contributed by atoms with Crippen molar-refractivity contribution in [2.24, 2.45) is 0 Å². The van der Waals surface area contributed by atoms with Gasteiger partial charge in [0.15, 0.2) is 0 Å². The van der Waals surface area contributed by atoms with E-state index in [-0.39, 0.29) is 29.0 Å². The third-order valence-electron chi connectivity index (χ3n) is 4.45. The highest BCUT2D eigenvalue weighted by Crippen LogP contribution is 2.24. The second kappa shape index (κ2) is 8.02. The van der Waals surface area contributed by atoms with Crippen molar-refractivity contribution in [2.75, 3.05) is 19.6 Å². The first kappa shape index (κ1) is 17.3. The number of hydrogen-bond donors (Lipinski definition) is 2. The summed E-state index contributed by atoms with van der Waals surface area (Å²) in [6, 6.07) is 6.39. The summed E-state index contributed by atoms with van der Waals surface area (Å²) in [5.41, 5.74) is 0.781. The van der Waals surface area contributed by atoms with Gasteiger partial charge in [0.05, 0.1) is 12.2 Å². The van der Waals surface area contributed by atoms with E-state index in [9.17, 15) is 14.0 Å². The Hall–Kier alpha value is -2.54. The van der Waals surface area contributed by atoms with E-state index in [4.69, 9.17) is 0 Å². The topological polar surface area (TPSA) is 78.1 Å². The van der Waals surface area contributed by atoms with Crippen LogP contribution in [0.1, 0.15) is 41.4 Å². The van der Waals surface area contributed by atoms with E-state index in [1.54, 1.807) is 12.1 Å². The summed E-state index contributed by atoms with van der Waals surface area (Å²) < 4.78 is 13.2. The van der Waals surface area contributed by atoms with Crippen LogP contribution >= 0.6 is 0 Å². The van der Waals surface area contributed by atoms with E-state index < -0.39 is 0 Å². The average Bonchev–Trinajstić information content (AvgIpc) is 2.64. The highest BCUT2D eigenvalue weighted by Gasteiger charge is 2.23. The molecule has 25 heavy (non-hydrogen) atoms. The van der Waals surface area contributed by atoms with E-state index >= 15 is 0 Å². The number of carbonyl (C=O) groups is 1. The third kappa shape index (κ3) is 4.51. The molecule has 1 unspecified atom stereocenters. The summed E-state index contributed by atoms with van der Waals surface area (Å²) in [5.74, 6) is -0.622. The molecule has 1 aromatic heterocycles. The lowest BCUT2D eigenvalue weighted by molar-refractivity contribution is 0.0919. The van der Waals surface area contributed by atoms with Gasteiger partial charge in [-0.1, -0.05) is 18.6 Å². The van der Waals surface area contributed by atoms with Gasteiger partial charge in [0.25, 0.3) is 11.5 Å². The number of carbonyl (C=O) groups excluding carboxylic acids is 1. The Labute approximate surface area is 145 Å². The Balaban J connectivity index is 1.72. The molecule has 1 aliphatic rings. The average molecular weight is 344 g/mol. The van der Waals surface area contributed by atoms with Gasteiger partial charge >= 0.3 is 0 Å². The number of likely N-dealkylation sites (tertiary alicyclic amines) is 1. The fourth-order valence-electron chi connectivity index (χ4n) is 3.12. The number of benzene rings is 1. The molecule has 2 aromatic rings. The second-order valence-corrected chi connectivity index (χ2v) is 6.17. The van der Waals surface area contributed by atoms with Gasteiger partial charge in [-0.3, -0.25) is 14.5 Å². The number of hydrogen-bond acceptors (Lipinski definition) is 4. The first-order valence-corrected chi connectivity index (χ1v) is 8.46. The van der Waals surface area contributed by atoms with Gasteiger partial charge in [0.2, 0.25) is 0 Å². The van der Waals surface area contributed by atoms with Crippen LogP contribution in [0.2, 0.25) is 0 Å². The molecule has 1 amide bonds. The second-order valence-electron chi connectivity index (χ2n) is 6.17. The molecule has 1 fully saturated rings. The Morgan fingerprint density at radius 2 is 1.96 bits per heavy atom. The molecule has 3 rings (SSSR count). The van der Waals surface area contributed by atoms with Crippen LogP contribution in [0.3, 0.4) is 0 Å². The summed E-state index contributed by atoms with van der Waals surface area (Å²) >= 11 is 0. The molecular weight excluding hydrogens is 323 g/mol. The van der Waals surface area contributed by atoms with Gasteiger partial charge in [-0.25, -0.2) is 9.37 Å². The zero-order chi connectivity index (χ0) is 17.6.